The lowest BCUT2D eigenvalue weighted by Crippen LogP contribution is -2.46. The maximum absolute atomic E-state index is 12.5. The Balaban J connectivity index is 1.53. The molecule has 1 fully saturated rings. The van der Waals surface area contributed by atoms with E-state index in [1.807, 2.05) is 17.0 Å². The number of hydrogen-bond donors (Lipinski definition) is 1. The van der Waals surface area contributed by atoms with E-state index < -0.39 is 0 Å². The summed E-state index contributed by atoms with van der Waals surface area (Å²) in [6.07, 6.45) is 4.12. The van der Waals surface area contributed by atoms with Gasteiger partial charge in [-0.25, -0.2) is 5.01 Å². The van der Waals surface area contributed by atoms with Crippen LogP contribution in [-0.2, 0) is 9.59 Å². The summed E-state index contributed by atoms with van der Waals surface area (Å²) in [5.74, 6) is 0.657. The molecule has 2 aliphatic heterocycles. The summed E-state index contributed by atoms with van der Waals surface area (Å²) >= 11 is 0. The summed E-state index contributed by atoms with van der Waals surface area (Å²) in [6.45, 7) is 1.35. The molecule has 0 saturated carbocycles. The number of nitrogens with zero attached hydrogens (tertiary/aromatic N) is 5. The second kappa shape index (κ2) is 6.72. The Hall–Kier alpha value is -2.51. The van der Waals surface area contributed by atoms with Crippen LogP contribution in [0.5, 0.6) is 0 Å². The van der Waals surface area contributed by atoms with Gasteiger partial charge in [0.1, 0.15) is 11.5 Å². The smallest absolute Gasteiger partial charge is 0.270 e. The Morgan fingerprint density at radius 2 is 2.09 bits per heavy atom. The number of carbonyl (C=O) groups is 2. The number of rotatable bonds is 3. The maximum atomic E-state index is 12.5. The first kappa shape index (κ1) is 15.4. The summed E-state index contributed by atoms with van der Waals surface area (Å²) in [4.78, 5) is 25.7. The van der Waals surface area contributed by atoms with E-state index in [-0.39, 0.29) is 17.9 Å². The van der Waals surface area contributed by atoms with E-state index in [9.17, 15) is 9.59 Å². The normalized spacial score (nSPS) is 19.5. The van der Waals surface area contributed by atoms with Gasteiger partial charge in [0.2, 0.25) is 5.91 Å². The van der Waals surface area contributed by atoms with Crippen LogP contribution in [0.1, 0.15) is 25.7 Å². The molecule has 122 valence electrons. The first-order chi connectivity index (χ1) is 11.1. The Labute approximate surface area is 134 Å². The second-order valence-corrected chi connectivity index (χ2v) is 5.78. The highest BCUT2D eigenvalue weighted by molar-refractivity contribution is 6.39. The van der Waals surface area contributed by atoms with Crippen molar-refractivity contribution >= 4 is 23.3 Å². The van der Waals surface area contributed by atoms with E-state index in [0.29, 0.717) is 31.6 Å². The number of hydrogen-bond acceptors (Lipinski definition) is 6. The standard InChI is InChI=1S/C15H20N6O2/c1-20-14(22)5-4-12(19-20)15(23)21-9-6-11(7-10-21)17-13-3-2-8-16-18-13/h2-3,8,11H,4-7,9-10H2,1H3,(H,17,18). The van der Waals surface area contributed by atoms with Crippen LogP contribution in [0.25, 0.3) is 0 Å². The van der Waals surface area contributed by atoms with Crippen molar-refractivity contribution in [1.29, 1.82) is 0 Å². The van der Waals surface area contributed by atoms with E-state index in [1.165, 1.54) is 5.01 Å². The van der Waals surface area contributed by atoms with E-state index in [2.05, 4.69) is 20.6 Å². The minimum Gasteiger partial charge on any atom is -0.366 e. The molecule has 0 bridgehead atoms. The molecule has 8 heteroatoms. The van der Waals surface area contributed by atoms with Crippen molar-refractivity contribution in [2.45, 2.75) is 31.7 Å². The Morgan fingerprint density at radius 3 is 2.74 bits per heavy atom. The zero-order valence-electron chi connectivity index (χ0n) is 13.1. The monoisotopic (exact) mass is 316 g/mol. The molecule has 1 aromatic heterocycles. The Morgan fingerprint density at radius 1 is 1.30 bits per heavy atom. The third-order valence-electron chi connectivity index (χ3n) is 4.16. The van der Waals surface area contributed by atoms with Crippen molar-refractivity contribution in [1.82, 2.24) is 20.1 Å². The van der Waals surface area contributed by atoms with Crippen LogP contribution < -0.4 is 5.32 Å². The quantitative estimate of drug-likeness (QED) is 0.876. The van der Waals surface area contributed by atoms with Crippen molar-refractivity contribution in [3.05, 3.63) is 18.3 Å². The molecule has 1 saturated heterocycles. The third-order valence-corrected chi connectivity index (χ3v) is 4.16. The van der Waals surface area contributed by atoms with Gasteiger partial charge in [-0.05, 0) is 25.0 Å². The summed E-state index contributed by atoms with van der Waals surface area (Å²) in [5.41, 5.74) is 0.479. The van der Waals surface area contributed by atoms with Crippen LogP contribution in [0.3, 0.4) is 0 Å². The van der Waals surface area contributed by atoms with E-state index in [1.54, 1.807) is 13.2 Å². The summed E-state index contributed by atoms with van der Waals surface area (Å²) in [5, 5.41) is 16.6. The van der Waals surface area contributed by atoms with Crippen LogP contribution in [-0.4, -0.2) is 63.8 Å². The lowest BCUT2D eigenvalue weighted by Gasteiger charge is -2.33. The van der Waals surface area contributed by atoms with Gasteiger partial charge in [0, 0.05) is 45.2 Å². The summed E-state index contributed by atoms with van der Waals surface area (Å²) in [6, 6.07) is 4.01. The SMILES string of the molecule is CN1N=C(C(=O)N2CCC(Nc3cccnn3)CC2)CCC1=O. The molecule has 0 aliphatic carbocycles. The second-order valence-electron chi connectivity index (χ2n) is 5.78. The average molecular weight is 316 g/mol. The molecule has 1 aromatic rings. The van der Waals surface area contributed by atoms with E-state index in [0.717, 1.165) is 18.7 Å². The molecule has 3 rings (SSSR count). The van der Waals surface area contributed by atoms with Crippen molar-refractivity contribution in [2.75, 3.05) is 25.5 Å². The molecule has 1 N–H and O–H groups in total. The number of anilines is 1. The molecular formula is C15H20N6O2. The van der Waals surface area contributed by atoms with Gasteiger partial charge < -0.3 is 10.2 Å². The average Bonchev–Trinajstić information content (AvgIpc) is 2.58. The highest BCUT2D eigenvalue weighted by atomic mass is 16.2. The molecule has 8 nitrogen and oxygen atoms in total. The topological polar surface area (TPSA) is 90.8 Å². The zero-order valence-corrected chi connectivity index (χ0v) is 13.1. The molecule has 2 amide bonds. The Kier molecular flexibility index (Phi) is 4.50. The molecule has 3 heterocycles. The van der Waals surface area contributed by atoms with Crippen LogP contribution in [0.15, 0.2) is 23.4 Å². The van der Waals surface area contributed by atoms with Crippen LogP contribution >= 0.6 is 0 Å². The maximum Gasteiger partial charge on any atom is 0.270 e. The fraction of sp³-hybridized carbons (Fsp3) is 0.533. The van der Waals surface area contributed by atoms with Gasteiger partial charge in [0.05, 0.1) is 0 Å². The highest BCUT2D eigenvalue weighted by Gasteiger charge is 2.28. The summed E-state index contributed by atoms with van der Waals surface area (Å²) in [7, 11) is 1.59. The first-order valence-corrected chi connectivity index (χ1v) is 7.81. The minimum absolute atomic E-state index is 0.0478. The van der Waals surface area contributed by atoms with Crippen LogP contribution in [0.4, 0.5) is 5.82 Å². The number of piperidine rings is 1. The molecule has 0 atom stereocenters. The fourth-order valence-electron chi connectivity index (χ4n) is 2.82. The minimum atomic E-state index is -0.0534. The van der Waals surface area contributed by atoms with E-state index >= 15 is 0 Å². The predicted octanol–water partition coefficient (Wildman–Crippen LogP) is 0.488. The molecule has 0 spiro atoms. The zero-order chi connectivity index (χ0) is 16.2. The predicted molar refractivity (Wildman–Crippen MR) is 84.7 cm³/mol. The molecule has 0 aromatic carbocycles. The van der Waals surface area contributed by atoms with Gasteiger partial charge in [-0.3, -0.25) is 9.59 Å². The largest absolute Gasteiger partial charge is 0.366 e. The van der Waals surface area contributed by atoms with Crippen LogP contribution in [0, 0.1) is 0 Å². The first-order valence-electron chi connectivity index (χ1n) is 7.81. The van der Waals surface area contributed by atoms with Crippen molar-refractivity contribution in [3.8, 4) is 0 Å². The molecule has 2 aliphatic rings. The number of nitrogens with one attached hydrogen (secondary N) is 1. The number of hydrazone groups is 1. The lowest BCUT2D eigenvalue weighted by molar-refractivity contribution is -0.130. The Bertz CT molecular complexity index is 610. The molecule has 0 unspecified atom stereocenters. The third kappa shape index (κ3) is 3.64. The van der Waals surface area contributed by atoms with E-state index in [4.69, 9.17) is 0 Å². The van der Waals surface area contributed by atoms with Crippen molar-refractivity contribution < 1.29 is 9.59 Å². The van der Waals surface area contributed by atoms with Gasteiger partial charge in [-0.2, -0.15) is 10.2 Å². The summed E-state index contributed by atoms with van der Waals surface area (Å²) < 4.78 is 0. The van der Waals surface area contributed by atoms with Gasteiger partial charge in [0.25, 0.3) is 5.91 Å². The lowest BCUT2D eigenvalue weighted by atomic mass is 10.0. The highest BCUT2D eigenvalue weighted by Crippen LogP contribution is 2.17. The van der Waals surface area contributed by atoms with Gasteiger partial charge in [-0.1, -0.05) is 0 Å². The van der Waals surface area contributed by atoms with Crippen molar-refractivity contribution in [2.24, 2.45) is 5.10 Å². The van der Waals surface area contributed by atoms with Crippen molar-refractivity contribution in [3.63, 3.8) is 0 Å². The van der Waals surface area contributed by atoms with Crippen LogP contribution in [0.2, 0.25) is 0 Å². The number of carbonyl (C=O) groups excluding carboxylic acids is 2. The number of amides is 2. The van der Waals surface area contributed by atoms with Gasteiger partial charge >= 0.3 is 0 Å². The number of likely N-dealkylation sites (tertiary alicyclic amines) is 1. The molecule has 0 radical (unpaired) electrons. The number of aromatic nitrogens is 2. The molecular weight excluding hydrogens is 296 g/mol. The van der Waals surface area contributed by atoms with Gasteiger partial charge in [-0.15, -0.1) is 5.10 Å². The molecule has 23 heavy (non-hydrogen) atoms. The fourth-order valence-corrected chi connectivity index (χ4v) is 2.82. The van der Waals surface area contributed by atoms with Gasteiger partial charge in [0.15, 0.2) is 0 Å².